The highest BCUT2D eigenvalue weighted by Crippen LogP contribution is 2.50. The van der Waals surface area contributed by atoms with E-state index in [2.05, 4.69) is 15.6 Å². The Hall–Kier alpha value is -4.26. The molecule has 13 heteroatoms. The fourth-order valence-corrected chi connectivity index (χ4v) is 5.22. The second-order valence-electron chi connectivity index (χ2n) is 8.96. The summed E-state index contributed by atoms with van der Waals surface area (Å²) >= 11 is 0. The van der Waals surface area contributed by atoms with E-state index in [1.165, 1.54) is 6.20 Å². The van der Waals surface area contributed by atoms with E-state index in [0.717, 1.165) is 22.6 Å². The van der Waals surface area contributed by atoms with Crippen molar-refractivity contribution in [2.75, 3.05) is 10.2 Å². The number of nitrogens with one attached hydrogen (secondary N) is 2. The predicted octanol–water partition coefficient (Wildman–Crippen LogP) is 3.69. The van der Waals surface area contributed by atoms with Gasteiger partial charge < -0.3 is 10.6 Å². The number of anilines is 2. The summed E-state index contributed by atoms with van der Waals surface area (Å²) in [5, 5.41) is 5.38. The third-order valence-corrected chi connectivity index (χ3v) is 8.02. The van der Waals surface area contributed by atoms with Crippen molar-refractivity contribution >= 4 is 39.2 Å². The maximum atomic E-state index is 13.2. The van der Waals surface area contributed by atoms with Crippen molar-refractivity contribution in [3.8, 4) is 0 Å². The van der Waals surface area contributed by atoms with E-state index in [1.54, 1.807) is 42.5 Å². The van der Waals surface area contributed by atoms with Gasteiger partial charge in [0, 0.05) is 11.8 Å². The molecule has 2 fully saturated rings. The quantitative estimate of drug-likeness (QED) is 0.456. The number of sulfone groups is 1. The molecule has 2 heterocycles. The first kappa shape index (κ1) is 25.4. The number of imide groups is 1. The Labute approximate surface area is 214 Å². The number of urea groups is 1. The first-order chi connectivity index (χ1) is 17.9. The van der Waals surface area contributed by atoms with Gasteiger partial charge in [-0.25, -0.2) is 23.1 Å². The Morgan fingerprint density at radius 3 is 2.42 bits per heavy atom. The molecule has 4 amide bonds. The molecule has 2 aliphatic rings. The molecular formula is C25H19F3N4O5S. The minimum Gasteiger partial charge on any atom is -0.322 e. The Kier molecular flexibility index (Phi) is 5.97. The van der Waals surface area contributed by atoms with Crippen LogP contribution in [0, 0.1) is 5.92 Å². The molecule has 3 aromatic rings. The molecule has 2 N–H and O–H groups in total. The fourth-order valence-electron chi connectivity index (χ4n) is 4.46. The van der Waals surface area contributed by atoms with Crippen molar-refractivity contribution in [1.82, 2.24) is 10.3 Å². The first-order valence-electron chi connectivity index (χ1n) is 11.3. The molecule has 1 aromatic heterocycles. The Bertz CT molecular complexity index is 1550. The summed E-state index contributed by atoms with van der Waals surface area (Å²) in [6.07, 6.45) is 2.24. The van der Waals surface area contributed by atoms with Crippen LogP contribution in [-0.4, -0.2) is 42.3 Å². The van der Waals surface area contributed by atoms with Gasteiger partial charge in [-0.15, -0.1) is 0 Å². The van der Waals surface area contributed by atoms with Crippen LogP contribution in [0.5, 0.6) is 0 Å². The number of aromatic nitrogens is 1. The topological polar surface area (TPSA) is 126 Å². The fraction of sp³-hybridized carbons (Fsp3) is 0.200. The minimum absolute atomic E-state index is 0.0500. The van der Waals surface area contributed by atoms with Gasteiger partial charge in [0.15, 0.2) is 0 Å². The van der Waals surface area contributed by atoms with Crippen molar-refractivity contribution in [1.29, 1.82) is 0 Å². The van der Waals surface area contributed by atoms with Crippen molar-refractivity contribution in [3.63, 3.8) is 0 Å². The maximum Gasteiger partial charge on any atom is 0.501 e. The summed E-state index contributed by atoms with van der Waals surface area (Å²) in [5.41, 5.74) is -5.47. The molecule has 1 aliphatic heterocycles. The molecule has 1 spiro atoms. The Morgan fingerprint density at radius 1 is 1.08 bits per heavy atom. The molecule has 1 saturated heterocycles. The van der Waals surface area contributed by atoms with E-state index in [1.807, 2.05) is 0 Å². The normalized spacial score (nSPS) is 20.9. The molecule has 9 nitrogen and oxygen atoms in total. The molecular weight excluding hydrogens is 525 g/mol. The summed E-state index contributed by atoms with van der Waals surface area (Å²) in [7, 11) is -5.56. The largest absolute Gasteiger partial charge is 0.501 e. The van der Waals surface area contributed by atoms with E-state index < -0.39 is 37.7 Å². The van der Waals surface area contributed by atoms with Gasteiger partial charge in [0.25, 0.3) is 21.7 Å². The summed E-state index contributed by atoms with van der Waals surface area (Å²) in [6, 6.07) is 14.6. The Balaban J connectivity index is 1.28. The van der Waals surface area contributed by atoms with Crippen LogP contribution in [0.4, 0.5) is 29.5 Å². The number of hydrogen-bond donors (Lipinski definition) is 2. The average Bonchev–Trinajstić information content (AvgIpc) is 3.49. The number of alkyl halides is 3. The van der Waals surface area contributed by atoms with Gasteiger partial charge in [0.05, 0.1) is 10.6 Å². The van der Waals surface area contributed by atoms with Gasteiger partial charge in [0.1, 0.15) is 11.4 Å². The average molecular weight is 545 g/mol. The van der Waals surface area contributed by atoms with Gasteiger partial charge in [-0.3, -0.25) is 9.59 Å². The minimum atomic E-state index is -5.56. The number of rotatable bonds is 6. The number of halogens is 3. The first-order valence-corrected chi connectivity index (χ1v) is 12.8. The molecule has 0 radical (unpaired) electrons. The van der Waals surface area contributed by atoms with Gasteiger partial charge in [-0.1, -0.05) is 18.2 Å². The second-order valence-corrected chi connectivity index (χ2v) is 10.9. The highest BCUT2D eigenvalue weighted by atomic mass is 32.2. The van der Waals surface area contributed by atoms with Crippen LogP contribution in [0.2, 0.25) is 0 Å². The summed E-state index contributed by atoms with van der Waals surface area (Å²) < 4.78 is 61.6. The number of amides is 4. The molecule has 196 valence electrons. The van der Waals surface area contributed by atoms with Crippen LogP contribution in [0.15, 0.2) is 77.8 Å². The molecule has 1 aliphatic carbocycles. The van der Waals surface area contributed by atoms with Crippen LogP contribution in [-0.2, 0) is 21.1 Å². The van der Waals surface area contributed by atoms with Crippen molar-refractivity contribution < 1.29 is 36.0 Å². The van der Waals surface area contributed by atoms with Crippen molar-refractivity contribution in [2.45, 2.75) is 28.8 Å². The van der Waals surface area contributed by atoms with Crippen molar-refractivity contribution in [3.05, 3.63) is 84.1 Å². The van der Waals surface area contributed by atoms with E-state index in [-0.39, 0.29) is 17.5 Å². The smallest absolute Gasteiger partial charge is 0.322 e. The number of carbonyl (C=O) groups is 3. The van der Waals surface area contributed by atoms with Gasteiger partial charge in [-0.2, -0.15) is 13.2 Å². The van der Waals surface area contributed by atoms with Crippen LogP contribution >= 0.6 is 0 Å². The van der Waals surface area contributed by atoms with Crippen LogP contribution < -0.4 is 15.5 Å². The monoisotopic (exact) mass is 544 g/mol. The molecule has 1 saturated carbocycles. The lowest BCUT2D eigenvalue weighted by atomic mass is 10.1. The molecule has 5 rings (SSSR count). The summed E-state index contributed by atoms with van der Waals surface area (Å²) in [6.45, 7) is 0. The highest BCUT2D eigenvalue weighted by Gasteiger charge is 2.67. The standard InChI is InChI=1S/C25H19F3N4O5S/c26-25(27,28)38(36,37)19-8-6-18(7-9-19)32-22(34)24(31-23(32)35)14-17(24)12-15-10-11-29-20(13-15)30-21(33)16-4-2-1-3-5-16/h1-11,13,17H,12,14H2,(H,31,35)(H,29,30,33). The van der Waals surface area contributed by atoms with E-state index in [4.69, 9.17) is 0 Å². The lowest BCUT2D eigenvalue weighted by Crippen LogP contribution is -2.35. The molecule has 0 bridgehead atoms. The van der Waals surface area contributed by atoms with Gasteiger partial charge in [-0.05, 0) is 72.9 Å². The van der Waals surface area contributed by atoms with Gasteiger partial charge >= 0.3 is 11.5 Å². The zero-order valence-corrected chi connectivity index (χ0v) is 20.2. The van der Waals surface area contributed by atoms with Crippen LogP contribution in [0.3, 0.4) is 0 Å². The molecule has 2 aromatic carbocycles. The third kappa shape index (κ3) is 4.38. The zero-order chi connectivity index (χ0) is 27.3. The number of nitrogens with zero attached hydrogens (tertiary/aromatic N) is 2. The van der Waals surface area contributed by atoms with E-state index in [9.17, 15) is 36.0 Å². The van der Waals surface area contributed by atoms with Gasteiger partial charge in [0.2, 0.25) is 0 Å². The summed E-state index contributed by atoms with van der Waals surface area (Å²) in [4.78, 5) is 42.2. The highest BCUT2D eigenvalue weighted by molar-refractivity contribution is 7.92. The predicted molar refractivity (Wildman–Crippen MR) is 129 cm³/mol. The van der Waals surface area contributed by atoms with E-state index in [0.29, 0.717) is 36.4 Å². The SMILES string of the molecule is O=C(Nc1cc(CC2CC23NC(=O)N(c2ccc(S(=O)(=O)C(F)(F)F)cc2)C3=O)ccn1)c1ccccc1. The number of pyridine rings is 1. The van der Waals surface area contributed by atoms with Crippen molar-refractivity contribution in [2.24, 2.45) is 5.92 Å². The third-order valence-electron chi connectivity index (χ3n) is 6.52. The molecule has 2 unspecified atom stereocenters. The maximum absolute atomic E-state index is 13.2. The van der Waals surface area contributed by atoms with Crippen LogP contribution in [0.25, 0.3) is 0 Å². The van der Waals surface area contributed by atoms with Crippen LogP contribution in [0.1, 0.15) is 22.3 Å². The van der Waals surface area contributed by atoms with E-state index >= 15 is 0 Å². The summed E-state index contributed by atoms with van der Waals surface area (Å²) in [5.74, 6) is -0.857. The Morgan fingerprint density at radius 2 is 1.76 bits per heavy atom. The number of benzene rings is 2. The zero-order valence-electron chi connectivity index (χ0n) is 19.4. The lowest BCUT2D eigenvalue weighted by Gasteiger charge is -2.14. The molecule has 2 atom stereocenters. The molecule has 38 heavy (non-hydrogen) atoms. The number of carbonyl (C=O) groups excluding carboxylic acids is 3. The number of hydrogen-bond acceptors (Lipinski definition) is 6. The lowest BCUT2D eigenvalue weighted by molar-refractivity contribution is -0.119. The second kappa shape index (κ2) is 8.94.